The molecule has 0 spiro atoms. The van der Waals surface area contributed by atoms with Gasteiger partial charge in [0.05, 0.1) is 34.5 Å². The zero-order valence-corrected chi connectivity index (χ0v) is 14.9. The Hall–Kier alpha value is -2.78. The van der Waals surface area contributed by atoms with Crippen LogP contribution in [-0.4, -0.2) is 30.0 Å². The lowest BCUT2D eigenvalue weighted by atomic mass is 10.1. The van der Waals surface area contributed by atoms with E-state index in [1.54, 1.807) is 26.8 Å². The van der Waals surface area contributed by atoms with Crippen molar-refractivity contribution in [2.24, 2.45) is 0 Å². The number of nitrogens with zero attached hydrogens (tertiary/aromatic N) is 1. The molecule has 1 N–H and O–H groups in total. The first-order valence-corrected chi connectivity index (χ1v) is 7.98. The minimum atomic E-state index is -0.469. The van der Waals surface area contributed by atoms with Gasteiger partial charge in [0, 0.05) is 5.69 Å². The van der Waals surface area contributed by atoms with Gasteiger partial charge in [-0.3, -0.25) is 4.79 Å². The van der Waals surface area contributed by atoms with Crippen LogP contribution < -0.4 is 4.74 Å². The molecular weight excluding hydrogens is 344 g/mol. The molecule has 0 saturated heterocycles. The van der Waals surface area contributed by atoms with E-state index in [1.165, 1.54) is 12.1 Å². The number of nitriles is 1. The van der Waals surface area contributed by atoms with Gasteiger partial charge in [-0.15, -0.1) is 0 Å². The molecule has 0 aliphatic heterocycles. The Morgan fingerprint density at radius 2 is 2.04 bits per heavy atom. The van der Waals surface area contributed by atoms with Crippen LogP contribution in [-0.2, 0) is 4.74 Å². The number of aromatic nitrogens is 1. The molecule has 0 unspecified atom stereocenters. The normalized spacial score (nSPS) is 10.2. The molecule has 6 nitrogen and oxygen atoms in total. The lowest BCUT2D eigenvalue weighted by Crippen LogP contribution is -2.14. The number of carbonyl (C=O) groups is 2. The van der Waals surface area contributed by atoms with E-state index in [2.05, 4.69) is 4.98 Å². The highest BCUT2D eigenvalue weighted by Crippen LogP contribution is 2.26. The molecule has 0 aliphatic rings. The van der Waals surface area contributed by atoms with Crippen molar-refractivity contribution in [1.82, 2.24) is 4.98 Å². The molecule has 7 heteroatoms. The Labute approximate surface area is 150 Å². The van der Waals surface area contributed by atoms with Crippen LogP contribution in [0.15, 0.2) is 18.2 Å². The maximum atomic E-state index is 12.4. The number of aromatic amines is 1. The van der Waals surface area contributed by atoms with E-state index in [-0.39, 0.29) is 24.0 Å². The Morgan fingerprint density at radius 3 is 2.64 bits per heavy atom. The first-order chi connectivity index (χ1) is 11.9. The number of ketones is 1. The Kier molecular flexibility index (Phi) is 5.84. The maximum absolute atomic E-state index is 12.4. The van der Waals surface area contributed by atoms with E-state index in [0.29, 0.717) is 33.8 Å². The van der Waals surface area contributed by atoms with Gasteiger partial charge in [0.2, 0.25) is 5.78 Å². The second kappa shape index (κ2) is 7.86. The molecule has 2 rings (SSSR count). The number of hydrogen-bond donors (Lipinski definition) is 1. The fourth-order valence-electron chi connectivity index (χ4n) is 2.44. The maximum Gasteiger partial charge on any atom is 0.340 e. The van der Waals surface area contributed by atoms with Crippen molar-refractivity contribution in [3.8, 4) is 11.8 Å². The van der Waals surface area contributed by atoms with Crippen molar-refractivity contribution in [2.45, 2.75) is 20.8 Å². The van der Waals surface area contributed by atoms with Gasteiger partial charge in [0.25, 0.3) is 0 Å². The lowest BCUT2D eigenvalue weighted by molar-refractivity contribution is 0.0525. The second-order valence-electron chi connectivity index (χ2n) is 5.31. The molecule has 0 bridgehead atoms. The smallest absolute Gasteiger partial charge is 0.340 e. The molecule has 130 valence electrons. The van der Waals surface area contributed by atoms with E-state index in [4.69, 9.17) is 26.3 Å². The summed E-state index contributed by atoms with van der Waals surface area (Å²) in [7, 11) is 0. The summed E-state index contributed by atoms with van der Waals surface area (Å²) in [6, 6.07) is 6.51. The fourth-order valence-corrected chi connectivity index (χ4v) is 2.68. The van der Waals surface area contributed by atoms with Crippen LogP contribution >= 0.6 is 11.6 Å². The summed E-state index contributed by atoms with van der Waals surface area (Å²) < 4.78 is 10.4. The van der Waals surface area contributed by atoms with Crippen LogP contribution in [0, 0.1) is 25.2 Å². The molecule has 0 saturated carbocycles. The third kappa shape index (κ3) is 4.01. The van der Waals surface area contributed by atoms with E-state index in [1.807, 2.05) is 6.07 Å². The zero-order chi connectivity index (χ0) is 18.6. The number of hydrogen-bond acceptors (Lipinski definition) is 5. The van der Waals surface area contributed by atoms with E-state index >= 15 is 0 Å². The number of halogens is 1. The standard InChI is InChI=1S/C18H17ClN2O4/c1-4-24-18(23)16-10(2)17(21-11(16)3)14(22)9-25-15-6-5-12(8-20)7-13(15)19/h5-7,21H,4,9H2,1-3H3. The summed E-state index contributed by atoms with van der Waals surface area (Å²) in [5.41, 5.74) is 2.15. The first kappa shape index (κ1) is 18.6. The lowest BCUT2D eigenvalue weighted by Gasteiger charge is -2.07. The molecule has 0 radical (unpaired) electrons. The molecule has 2 aromatic rings. The number of aryl methyl sites for hydroxylation is 1. The number of ether oxygens (including phenoxy) is 2. The fraction of sp³-hybridized carbons (Fsp3) is 0.278. The van der Waals surface area contributed by atoms with Crippen molar-refractivity contribution < 1.29 is 19.1 Å². The largest absolute Gasteiger partial charge is 0.484 e. The van der Waals surface area contributed by atoms with Crippen molar-refractivity contribution in [3.63, 3.8) is 0 Å². The highest BCUT2D eigenvalue weighted by Gasteiger charge is 2.23. The van der Waals surface area contributed by atoms with Crippen LogP contribution in [0.5, 0.6) is 5.75 Å². The zero-order valence-electron chi connectivity index (χ0n) is 14.1. The molecule has 1 heterocycles. The van der Waals surface area contributed by atoms with Crippen LogP contribution in [0.4, 0.5) is 0 Å². The van der Waals surface area contributed by atoms with Gasteiger partial charge >= 0.3 is 5.97 Å². The molecule has 1 aromatic carbocycles. The van der Waals surface area contributed by atoms with Gasteiger partial charge in [-0.2, -0.15) is 5.26 Å². The van der Waals surface area contributed by atoms with Gasteiger partial charge in [0.15, 0.2) is 6.61 Å². The predicted octanol–water partition coefficient (Wildman–Crippen LogP) is 3.60. The molecule has 0 amide bonds. The Morgan fingerprint density at radius 1 is 1.32 bits per heavy atom. The summed E-state index contributed by atoms with van der Waals surface area (Å²) in [6.07, 6.45) is 0. The van der Waals surface area contributed by atoms with E-state index in [0.717, 1.165) is 0 Å². The third-order valence-electron chi connectivity index (χ3n) is 3.62. The van der Waals surface area contributed by atoms with Crippen LogP contribution in [0.3, 0.4) is 0 Å². The van der Waals surface area contributed by atoms with Crippen LogP contribution in [0.1, 0.15) is 44.6 Å². The van der Waals surface area contributed by atoms with E-state index < -0.39 is 5.97 Å². The molecule has 0 aliphatic carbocycles. The number of esters is 1. The topological polar surface area (TPSA) is 92.2 Å². The van der Waals surface area contributed by atoms with Gasteiger partial charge in [0.1, 0.15) is 5.75 Å². The van der Waals surface area contributed by atoms with Gasteiger partial charge in [-0.1, -0.05) is 11.6 Å². The predicted molar refractivity (Wildman–Crippen MR) is 92.2 cm³/mol. The van der Waals surface area contributed by atoms with Crippen molar-refractivity contribution >= 4 is 23.4 Å². The van der Waals surface area contributed by atoms with Crippen LogP contribution in [0.25, 0.3) is 0 Å². The highest BCUT2D eigenvalue weighted by atomic mass is 35.5. The molecular formula is C18H17ClN2O4. The highest BCUT2D eigenvalue weighted by molar-refractivity contribution is 6.32. The number of Topliss-reactive ketones (excluding diaryl/α,β-unsaturated/α-hetero) is 1. The number of rotatable bonds is 6. The quantitative estimate of drug-likeness (QED) is 0.627. The van der Waals surface area contributed by atoms with Crippen molar-refractivity contribution in [1.29, 1.82) is 5.26 Å². The van der Waals surface area contributed by atoms with E-state index in [9.17, 15) is 9.59 Å². The SMILES string of the molecule is CCOC(=O)c1c(C)[nH]c(C(=O)COc2ccc(C#N)cc2Cl)c1C. The van der Waals surface area contributed by atoms with Crippen molar-refractivity contribution in [2.75, 3.05) is 13.2 Å². The van der Waals surface area contributed by atoms with Gasteiger partial charge in [-0.05, 0) is 44.5 Å². The summed E-state index contributed by atoms with van der Waals surface area (Å²) in [4.78, 5) is 27.3. The second-order valence-corrected chi connectivity index (χ2v) is 5.72. The number of nitrogens with one attached hydrogen (secondary N) is 1. The number of benzene rings is 1. The minimum absolute atomic E-state index is 0.249. The van der Waals surface area contributed by atoms with Gasteiger partial charge < -0.3 is 14.5 Å². The number of H-pyrrole nitrogens is 1. The summed E-state index contributed by atoms with van der Waals surface area (Å²) in [5, 5.41) is 9.06. The molecule has 0 atom stereocenters. The minimum Gasteiger partial charge on any atom is -0.484 e. The average Bonchev–Trinajstić information content (AvgIpc) is 2.88. The van der Waals surface area contributed by atoms with Crippen LogP contribution in [0.2, 0.25) is 5.02 Å². The summed E-state index contributed by atoms with van der Waals surface area (Å²) in [6.45, 7) is 5.10. The Bertz CT molecular complexity index is 865. The van der Waals surface area contributed by atoms with Gasteiger partial charge in [-0.25, -0.2) is 4.79 Å². The summed E-state index contributed by atoms with van der Waals surface area (Å²) >= 11 is 6.02. The Balaban J connectivity index is 2.16. The van der Waals surface area contributed by atoms with Crippen molar-refractivity contribution in [3.05, 3.63) is 51.3 Å². The first-order valence-electron chi connectivity index (χ1n) is 7.61. The summed E-state index contributed by atoms with van der Waals surface area (Å²) in [5.74, 6) is -0.485. The third-order valence-corrected chi connectivity index (χ3v) is 3.91. The molecule has 25 heavy (non-hydrogen) atoms. The number of carbonyl (C=O) groups excluding carboxylic acids is 2. The monoisotopic (exact) mass is 360 g/mol. The molecule has 0 fully saturated rings. The molecule has 1 aromatic heterocycles. The average molecular weight is 361 g/mol.